The number of esters is 4. The zero-order valence-corrected chi connectivity index (χ0v) is 27.2. The Morgan fingerprint density at radius 1 is 0.932 bits per heavy atom. The lowest BCUT2D eigenvalue weighted by molar-refractivity contribution is -0.207. The number of ether oxygens (including phenoxy) is 6. The van der Waals surface area contributed by atoms with Gasteiger partial charge in [-0.15, -0.1) is 0 Å². The molecule has 4 rings (SSSR count). The molecule has 4 aliphatic rings. The van der Waals surface area contributed by atoms with E-state index in [0.29, 0.717) is 30.6 Å². The summed E-state index contributed by atoms with van der Waals surface area (Å²) in [6, 6.07) is 0. The lowest BCUT2D eigenvalue weighted by Gasteiger charge is -2.49. The van der Waals surface area contributed by atoms with E-state index in [1.165, 1.54) is 13.0 Å². The molecule has 0 aromatic rings. The number of carbonyl (C=O) groups is 5. The van der Waals surface area contributed by atoms with Gasteiger partial charge in [-0.1, -0.05) is 33.8 Å². The van der Waals surface area contributed by atoms with Gasteiger partial charge in [-0.3, -0.25) is 19.2 Å². The van der Waals surface area contributed by atoms with Crippen LogP contribution in [0.3, 0.4) is 0 Å². The number of hydrogen-bond donors (Lipinski definition) is 0. The summed E-state index contributed by atoms with van der Waals surface area (Å²) in [7, 11) is 0. The van der Waals surface area contributed by atoms with Crippen molar-refractivity contribution in [3.63, 3.8) is 0 Å². The Kier molecular flexibility index (Phi) is 9.80. The molecular formula is C33H46O11. The van der Waals surface area contributed by atoms with Crippen LogP contribution in [0.25, 0.3) is 0 Å². The maximum absolute atomic E-state index is 14.0. The molecule has 2 aliphatic heterocycles. The van der Waals surface area contributed by atoms with Gasteiger partial charge in [0.2, 0.25) is 0 Å². The molecule has 2 heterocycles. The molecule has 11 atom stereocenters. The van der Waals surface area contributed by atoms with Gasteiger partial charge in [-0.05, 0) is 51.7 Å². The highest BCUT2D eigenvalue weighted by molar-refractivity contribution is 6.03. The standard InChI is InChI=1S/C33H46O11/c1-10-16(4)30(37)43-27-25-23(21(12-3)26(27)36)24(32(9)14-39-32)28(42-22(35)13-18(6)19(7)41-20(8)34)29(33(25)15-40-33)44-31(38)17(5)11-2/h12-13,16-17,19,23-25,27-29H,10-11,14-15H2,1-9H3. The lowest BCUT2D eigenvalue weighted by atomic mass is 9.60. The minimum atomic E-state index is -1.23. The fourth-order valence-corrected chi connectivity index (χ4v) is 6.58. The van der Waals surface area contributed by atoms with Gasteiger partial charge in [0.15, 0.2) is 18.0 Å². The van der Waals surface area contributed by atoms with Gasteiger partial charge in [0, 0.05) is 30.8 Å². The molecule has 0 bridgehead atoms. The predicted molar refractivity (Wildman–Crippen MR) is 156 cm³/mol. The van der Waals surface area contributed by atoms with E-state index in [1.54, 1.807) is 40.7 Å². The molecule has 2 saturated carbocycles. The van der Waals surface area contributed by atoms with Gasteiger partial charge in [0.1, 0.15) is 17.8 Å². The van der Waals surface area contributed by atoms with E-state index in [4.69, 9.17) is 28.4 Å². The monoisotopic (exact) mass is 618 g/mol. The molecule has 11 nitrogen and oxygen atoms in total. The van der Waals surface area contributed by atoms with Gasteiger partial charge in [-0.25, -0.2) is 4.79 Å². The van der Waals surface area contributed by atoms with Gasteiger partial charge in [-0.2, -0.15) is 0 Å². The van der Waals surface area contributed by atoms with E-state index in [9.17, 15) is 24.0 Å². The molecule has 4 fully saturated rings. The molecule has 0 aromatic heterocycles. The minimum Gasteiger partial charge on any atom is -0.458 e. The molecule has 0 aromatic carbocycles. The smallest absolute Gasteiger partial charge is 0.331 e. The normalized spacial score (nSPS) is 37.1. The molecule has 244 valence electrons. The Morgan fingerprint density at radius 3 is 1.98 bits per heavy atom. The highest BCUT2D eigenvalue weighted by Crippen LogP contribution is 2.63. The summed E-state index contributed by atoms with van der Waals surface area (Å²) >= 11 is 0. The fourth-order valence-electron chi connectivity index (χ4n) is 6.58. The molecule has 1 spiro atoms. The van der Waals surface area contributed by atoms with E-state index >= 15 is 0 Å². The van der Waals surface area contributed by atoms with Crippen LogP contribution in [0.2, 0.25) is 0 Å². The zero-order valence-electron chi connectivity index (χ0n) is 27.2. The first-order chi connectivity index (χ1) is 20.6. The quantitative estimate of drug-likeness (QED) is 0.145. The maximum Gasteiger partial charge on any atom is 0.331 e. The Hall–Kier alpha value is -3.05. The Bertz CT molecular complexity index is 1240. The zero-order chi connectivity index (χ0) is 32.7. The van der Waals surface area contributed by atoms with Crippen molar-refractivity contribution in [1.82, 2.24) is 0 Å². The number of epoxide rings is 2. The molecule has 11 heteroatoms. The SMILES string of the molecule is CC=C1C(=O)C(OC(=O)C(C)CC)C2C1C(C1(C)CO1)C(OC(=O)C=C(C)C(C)OC(C)=O)C(OC(=O)C(C)CC)C21CO1. The summed E-state index contributed by atoms with van der Waals surface area (Å²) in [4.78, 5) is 65.3. The highest BCUT2D eigenvalue weighted by Gasteiger charge is 2.78. The van der Waals surface area contributed by atoms with Gasteiger partial charge in [0.05, 0.1) is 30.7 Å². The van der Waals surface area contributed by atoms with Gasteiger partial charge < -0.3 is 28.4 Å². The highest BCUT2D eigenvalue weighted by atomic mass is 16.7. The fraction of sp³-hybridized carbons (Fsp3) is 0.727. The first-order valence-electron chi connectivity index (χ1n) is 15.6. The van der Waals surface area contributed by atoms with Crippen LogP contribution in [0.15, 0.2) is 23.3 Å². The number of hydrogen-bond acceptors (Lipinski definition) is 11. The molecule has 2 aliphatic carbocycles. The van der Waals surface area contributed by atoms with Crippen molar-refractivity contribution in [1.29, 1.82) is 0 Å². The Labute approximate surface area is 259 Å². The number of allylic oxidation sites excluding steroid dienone is 1. The number of Topliss-reactive ketones (excluding diaryl/α,β-unsaturated/α-hetero) is 1. The maximum atomic E-state index is 14.0. The summed E-state index contributed by atoms with van der Waals surface area (Å²) in [6.07, 6.45) is 0.0163. The topological polar surface area (TPSA) is 147 Å². The summed E-state index contributed by atoms with van der Waals surface area (Å²) in [5, 5.41) is 0. The number of rotatable bonds is 11. The van der Waals surface area contributed by atoms with Crippen LogP contribution in [0, 0.1) is 29.6 Å². The van der Waals surface area contributed by atoms with E-state index in [2.05, 4.69) is 0 Å². The van der Waals surface area contributed by atoms with E-state index in [-0.39, 0.29) is 12.4 Å². The van der Waals surface area contributed by atoms with Crippen molar-refractivity contribution in [2.75, 3.05) is 13.2 Å². The second-order valence-electron chi connectivity index (χ2n) is 12.9. The molecular weight excluding hydrogens is 572 g/mol. The van der Waals surface area contributed by atoms with Crippen molar-refractivity contribution in [3.05, 3.63) is 23.3 Å². The third-order valence-corrected chi connectivity index (χ3v) is 9.89. The largest absolute Gasteiger partial charge is 0.458 e. The third kappa shape index (κ3) is 6.22. The van der Waals surface area contributed by atoms with Crippen LogP contribution in [-0.2, 0) is 52.4 Å². The number of carbonyl (C=O) groups excluding carboxylic acids is 5. The van der Waals surface area contributed by atoms with Crippen molar-refractivity contribution in [2.45, 2.75) is 111 Å². The Morgan fingerprint density at radius 2 is 1.50 bits per heavy atom. The minimum absolute atomic E-state index is 0.116. The lowest BCUT2D eigenvalue weighted by Crippen LogP contribution is -2.64. The molecule has 11 unspecified atom stereocenters. The molecule has 44 heavy (non-hydrogen) atoms. The van der Waals surface area contributed by atoms with Crippen molar-refractivity contribution in [3.8, 4) is 0 Å². The molecule has 2 saturated heterocycles. The average molecular weight is 619 g/mol. The Balaban J connectivity index is 1.81. The van der Waals surface area contributed by atoms with Crippen LogP contribution >= 0.6 is 0 Å². The first kappa shape index (κ1) is 33.8. The molecule has 0 amide bonds. The second-order valence-corrected chi connectivity index (χ2v) is 12.9. The van der Waals surface area contributed by atoms with E-state index in [0.717, 1.165) is 0 Å². The van der Waals surface area contributed by atoms with E-state index < -0.39 is 89.1 Å². The van der Waals surface area contributed by atoms with Crippen LogP contribution in [0.4, 0.5) is 0 Å². The van der Waals surface area contributed by atoms with Crippen LogP contribution in [0.5, 0.6) is 0 Å². The van der Waals surface area contributed by atoms with Crippen molar-refractivity contribution >= 4 is 29.7 Å². The third-order valence-electron chi connectivity index (χ3n) is 9.89. The van der Waals surface area contributed by atoms with E-state index in [1.807, 2.05) is 20.8 Å². The van der Waals surface area contributed by atoms with Crippen LogP contribution in [-0.4, -0.2) is 78.5 Å². The first-order valence-corrected chi connectivity index (χ1v) is 15.6. The number of ketones is 1. The van der Waals surface area contributed by atoms with Crippen LogP contribution < -0.4 is 0 Å². The summed E-state index contributed by atoms with van der Waals surface area (Å²) in [5.74, 6) is -5.32. The summed E-state index contributed by atoms with van der Waals surface area (Å²) in [5.41, 5.74) is -1.15. The van der Waals surface area contributed by atoms with Crippen molar-refractivity contribution < 1.29 is 52.4 Å². The summed E-state index contributed by atoms with van der Waals surface area (Å²) in [6.45, 7) is 15.8. The second kappa shape index (κ2) is 12.7. The van der Waals surface area contributed by atoms with Crippen molar-refractivity contribution in [2.24, 2.45) is 29.6 Å². The van der Waals surface area contributed by atoms with Crippen LogP contribution in [0.1, 0.15) is 75.2 Å². The van der Waals surface area contributed by atoms with Gasteiger partial charge >= 0.3 is 23.9 Å². The summed E-state index contributed by atoms with van der Waals surface area (Å²) < 4.78 is 35.5. The molecule has 0 radical (unpaired) electrons. The number of fused-ring (bicyclic) bond motifs is 2. The average Bonchev–Trinajstić information content (AvgIpc) is 3.89. The molecule has 0 N–H and O–H groups in total. The van der Waals surface area contributed by atoms with Gasteiger partial charge in [0.25, 0.3) is 0 Å². The predicted octanol–water partition coefficient (Wildman–Crippen LogP) is 3.66.